The molecule has 0 aliphatic heterocycles. The third kappa shape index (κ3) is 4.18. The predicted octanol–water partition coefficient (Wildman–Crippen LogP) is 4.78. The Morgan fingerprint density at radius 1 is 1.10 bits per heavy atom. The van der Waals surface area contributed by atoms with Crippen LogP contribution < -0.4 is 5.32 Å². The lowest BCUT2D eigenvalue weighted by molar-refractivity contribution is 0.499. The number of fused-ring (bicyclic) bond motifs is 1. The van der Waals surface area contributed by atoms with Crippen molar-refractivity contribution >= 4 is 11.3 Å². The van der Waals surface area contributed by atoms with E-state index in [1.165, 1.54) is 44.1 Å². The highest BCUT2D eigenvalue weighted by molar-refractivity contribution is 7.10. The van der Waals surface area contributed by atoms with Gasteiger partial charge in [0.15, 0.2) is 0 Å². The van der Waals surface area contributed by atoms with Gasteiger partial charge in [0.1, 0.15) is 0 Å². The van der Waals surface area contributed by atoms with Crippen molar-refractivity contribution in [1.82, 2.24) is 5.32 Å². The van der Waals surface area contributed by atoms with Crippen molar-refractivity contribution in [2.45, 2.75) is 44.4 Å². The number of hydrogen-bond donors (Lipinski definition) is 1. The zero-order valence-corrected chi connectivity index (χ0v) is 13.5. The van der Waals surface area contributed by atoms with Gasteiger partial charge in [0.2, 0.25) is 0 Å². The van der Waals surface area contributed by atoms with Gasteiger partial charge in [-0.3, -0.25) is 0 Å². The van der Waals surface area contributed by atoms with Gasteiger partial charge in [0, 0.05) is 4.88 Å². The molecule has 2 aromatic rings. The molecule has 2 heteroatoms. The Balaban J connectivity index is 1.33. The van der Waals surface area contributed by atoms with E-state index in [0.29, 0.717) is 0 Å². The minimum Gasteiger partial charge on any atom is -0.317 e. The maximum Gasteiger partial charge on any atom is 0.00800 e. The predicted molar refractivity (Wildman–Crippen MR) is 92.2 cm³/mol. The Kier molecular flexibility index (Phi) is 5.47. The fourth-order valence-corrected chi connectivity index (χ4v) is 4.36. The number of rotatable bonds is 7. The van der Waals surface area contributed by atoms with Crippen molar-refractivity contribution in [2.24, 2.45) is 0 Å². The number of thiophene rings is 1. The van der Waals surface area contributed by atoms with Gasteiger partial charge in [-0.2, -0.15) is 0 Å². The molecule has 1 atom stereocenters. The molecule has 112 valence electrons. The summed E-state index contributed by atoms with van der Waals surface area (Å²) in [5.41, 5.74) is 3.10. The average Bonchev–Trinajstić information content (AvgIpc) is 3.01. The Hall–Kier alpha value is -1.12. The van der Waals surface area contributed by atoms with Crippen molar-refractivity contribution in [3.8, 4) is 0 Å². The van der Waals surface area contributed by atoms with Gasteiger partial charge in [0.05, 0.1) is 0 Å². The van der Waals surface area contributed by atoms with Gasteiger partial charge < -0.3 is 5.32 Å². The van der Waals surface area contributed by atoms with E-state index in [0.717, 1.165) is 19.0 Å². The lowest BCUT2D eigenvalue weighted by atomic mass is 9.85. The normalized spacial score (nSPS) is 17.6. The zero-order valence-electron chi connectivity index (χ0n) is 12.7. The van der Waals surface area contributed by atoms with E-state index in [1.807, 2.05) is 11.3 Å². The summed E-state index contributed by atoms with van der Waals surface area (Å²) >= 11 is 1.95. The van der Waals surface area contributed by atoms with Crippen LogP contribution >= 0.6 is 11.3 Å². The standard InChI is InChI=1S/C19H25NS/c1-2-6-16(7-3-1)8-5-13-20-14-11-17-9-4-10-19-18(17)12-15-21-19/h1-3,6-7,12,15,17,20H,4-5,8-11,13-14H2. The van der Waals surface area contributed by atoms with Crippen LogP contribution in [-0.2, 0) is 12.8 Å². The monoisotopic (exact) mass is 299 g/mol. The van der Waals surface area contributed by atoms with Crippen LogP contribution in [0.1, 0.15) is 47.6 Å². The molecule has 0 fully saturated rings. The van der Waals surface area contributed by atoms with E-state index in [4.69, 9.17) is 0 Å². The van der Waals surface area contributed by atoms with Crippen LogP contribution in [0.5, 0.6) is 0 Å². The van der Waals surface area contributed by atoms with Crippen LogP contribution in [0.25, 0.3) is 0 Å². The van der Waals surface area contributed by atoms with Crippen molar-refractivity contribution in [2.75, 3.05) is 13.1 Å². The van der Waals surface area contributed by atoms with Crippen molar-refractivity contribution < 1.29 is 0 Å². The molecular weight excluding hydrogens is 274 g/mol. The first-order valence-electron chi connectivity index (χ1n) is 8.24. The maximum atomic E-state index is 3.63. The molecule has 3 rings (SSSR count). The third-order valence-electron chi connectivity index (χ3n) is 4.51. The van der Waals surface area contributed by atoms with Crippen molar-refractivity contribution in [3.05, 3.63) is 57.8 Å². The highest BCUT2D eigenvalue weighted by Gasteiger charge is 2.20. The molecule has 0 amide bonds. The second-order valence-corrected chi connectivity index (χ2v) is 7.02. The maximum absolute atomic E-state index is 3.63. The summed E-state index contributed by atoms with van der Waals surface area (Å²) in [6, 6.07) is 13.2. The van der Waals surface area contributed by atoms with E-state index in [9.17, 15) is 0 Å². The van der Waals surface area contributed by atoms with Crippen LogP contribution in [0.3, 0.4) is 0 Å². The highest BCUT2D eigenvalue weighted by atomic mass is 32.1. The minimum atomic E-state index is 0.807. The summed E-state index contributed by atoms with van der Waals surface area (Å²) in [6.07, 6.45) is 7.80. The lowest BCUT2D eigenvalue weighted by Gasteiger charge is -2.22. The average molecular weight is 299 g/mol. The molecule has 0 spiro atoms. The summed E-state index contributed by atoms with van der Waals surface area (Å²) in [7, 11) is 0. The van der Waals surface area contributed by atoms with Gasteiger partial charge in [-0.15, -0.1) is 11.3 Å². The molecule has 1 nitrogen and oxygen atoms in total. The van der Waals surface area contributed by atoms with E-state index in [2.05, 4.69) is 47.1 Å². The van der Waals surface area contributed by atoms with Gasteiger partial charge in [-0.1, -0.05) is 30.3 Å². The number of benzene rings is 1. The van der Waals surface area contributed by atoms with Crippen molar-refractivity contribution in [3.63, 3.8) is 0 Å². The quantitative estimate of drug-likeness (QED) is 0.725. The topological polar surface area (TPSA) is 12.0 Å². The molecule has 1 aliphatic carbocycles. The number of nitrogens with one attached hydrogen (secondary N) is 1. The van der Waals surface area contributed by atoms with Gasteiger partial charge in [-0.05, 0) is 80.1 Å². The van der Waals surface area contributed by atoms with E-state index in [1.54, 1.807) is 10.4 Å². The Morgan fingerprint density at radius 2 is 2.00 bits per heavy atom. The third-order valence-corrected chi connectivity index (χ3v) is 5.50. The fraction of sp³-hybridized carbons (Fsp3) is 0.474. The molecule has 0 radical (unpaired) electrons. The second kappa shape index (κ2) is 7.77. The Morgan fingerprint density at radius 3 is 2.90 bits per heavy atom. The van der Waals surface area contributed by atoms with Crippen LogP contribution in [0.2, 0.25) is 0 Å². The first-order valence-corrected chi connectivity index (χ1v) is 9.12. The largest absolute Gasteiger partial charge is 0.317 e. The summed E-state index contributed by atoms with van der Waals surface area (Å²) < 4.78 is 0. The number of aryl methyl sites for hydroxylation is 2. The van der Waals surface area contributed by atoms with Crippen molar-refractivity contribution in [1.29, 1.82) is 0 Å². The molecule has 1 unspecified atom stereocenters. The molecule has 1 aromatic carbocycles. The second-order valence-electron chi connectivity index (χ2n) is 6.02. The van der Waals surface area contributed by atoms with Gasteiger partial charge in [-0.25, -0.2) is 0 Å². The smallest absolute Gasteiger partial charge is 0.00800 e. The Bertz CT molecular complexity index is 532. The molecule has 1 aromatic heterocycles. The first-order chi connectivity index (χ1) is 10.4. The molecule has 21 heavy (non-hydrogen) atoms. The first kappa shape index (κ1) is 14.8. The Labute approximate surface area is 132 Å². The SMILES string of the molecule is c1ccc(CCCNCCC2CCCc3sccc32)cc1. The lowest BCUT2D eigenvalue weighted by Crippen LogP contribution is -2.20. The molecule has 0 saturated carbocycles. The summed E-state index contributed by atoms with van der Waals surface area (Å²) in [5.74, 6) is 0.807. The van der Waals surface area contributed by atoms with Gasteiger partial charge >= 0.3 is 0 Å². The van der Waals surface area contributed by atoms with Crippen LogP contribution in [0, 0.1) is 0 Å². The van der Waals surface area contributed by atoms with Gasteiger partial charge in [0.25, 0.3) is 0 Å². The summed E-state index contributed by atoms with van der Waals surface area (Å²) in [5, 5.41) is 5.90. The van der Waals surface area contributed by atoms with Crippen LogP contribution in [0.15, 0.2) is 41.8 Å². The van der Waals surface area contributed by atoms with E-state index < -0.39 is 0 Å². The molecule has 1 N–H and O–H groups in total. The van der Waals surface area contributed by atoms with Crippen LogP contribution in [-0.4, -0.2) is 13.1 Å². The minimum absolute atomic E-state index is 0.807. The van der Waals surface area contributed by atoms with Crippen LogP contribution in [0.4, 0.5) is 0 Å². The van der Waals surface area contributed by atoms with E-state index >= 15 is 0 Å². The fourth-order valence-electron chi connectivity index (χ4n) is 3.35. The molecule has 1 aliphatic rings. The van der Waals surface area contributed by atoms with E-state index in [-0.39, 0.29) is 0 Å². The molecular formula is C19H25NS. The number of hydrogen-bond acceptors (Lipinski definition) is 2. The molecule has 0 saturated heterocycles. The molecule has 0 bridgehead atoms. The zero-order chi connectivity index (χ0) is 14.3. The molecule has 1 heterocycles. The summed E-state index contributed by atoms with van der Waals surface area (Å²) in [4.78, 5) is 1.65. The summed E-state index contributed by atoms with van der Waals surface area (Å²) in [6.45, 7) is 2.30. The highest BCUT2D eigenvalue weighted by Crippen LogP contribution is 2.36.